The second-order valence-electron chi connectivity index (χ2n) is 4.08. The lowest BCUT2D eigenvalue weighted by Gasteiger charge is -2.28. The summed E-state index contributed by atoms with van der Waals surface area (Å²) < 4.78 is 13.2. The number of hydrazone groups is 1. The summed E-state index contributed by atoms with van der Waals surface area (Å²) in [4.78, 5) is 0. The molecule has 1 N–H and O–H groups in total. The zero-order valence-electron chi connectivity index (χ0n) is 11.6. The first-order valence-corrected chi connectivity index (χ1v) is 8.68. The fourth-order valence-corrected chi connectivity index (χ4v) is 3.77. The van der Waals surface area contributed by atoms with Gasteiger partial charge in [-0.3, -0.25) is 0 Å². The number of hydrogen-bond donors (Lipinski definition) is 1. The zero-order valence-corrected chi connectivity index (χ0v) is 13.7. The average Bonchev–Trinajstić information content (AvgIpc) is 2.70. The van der Waals surface area contributed by atoms with Crippen molar-refractivity contribution in [3.8, 4) is 6.07 Å². The Hall–Kier alpha value is -1.28. The molecule has 0 aliphatic carbocycles. The predicted octanol–water partition coefficient (Wildman–Crippen LogP) is 0.0748. The van der Waals surface area contributed by atoms with Crippen LogP contribution in [-0.2, 0) is 9.47 Å². The van der Waals surface area contributed by atoms with Crippen molar-refractivity contribution in [2.75, 3.05) is 32.3 Å². The highest BCUT2D eigenvalue weighted by atomic mass is 127. The molecule has 0 amide bonds. The Balaban J connectivity index is 2.26. The lowest BCUT2D eigenvalue weighted by atomic mass is 10.2. The van der Waals surface area contributed by atoms with Gasteiger partial charge in [0.05, 0.1) is 19.7 Å². The molecule has 108 valence electrons. The Bertz CT molecular complexity index is 547. The number of ether oxygens (including phenoxy) is 2. The quantitative estimate of drug-likeness (QED) is 0.546. The second-order valence-corrected chi connectivity index (χ2v) is 6.35. The normalized spacial score (nSPS) is 22.7. The highest BCUT2D eigenvalue weighted by Crippen LogP contribution is 2.23. The molecule has 20 heavy (non-hydrogen) atoms. The van der Waals surface area contributed by atoms with Crippen LogP contribution in [0.4, 0.5) is 0 Å². The van der Waals surface area contributed by atoms with Gasteiger partial charge >= 0.3 is 0 Å². The van der Waals surface area contributed by atoms with E-state index in [1.807, 2.05) is 17.1 Å². The van der Waals surface area contributed by atoms with E-state index in [0.717, 1.165) is 21.0 Å². The van der Waals surface area contributed by atoms with Gasteiger partial charge in [0.1, 0.15) is 18.4 Å². The summed E-state index contributed by atoms with van der Waals surface area (Å²) in [6.45, 7) is 0.441. The van der Waals surface area contributed by atoms with Gasteiger partial charge in [-0.15, -0.1) is 25.8 Å². The van der Waals surface area contributed by atoms with Crippen LogP contribution in [-0.4, -0.2) is 47.3 Å². The Morgan fingerprint density at radius 3 is 3.05 bits per heavy atom. The van der Waals surface area contributed by atoms with Gasteiger partial charge < -0.3 is 25.1 Å². The van der Waals surface area contributed by atoms with Crippen molar-refractivity contribution >= 4 is 30.6 Å². The number of allylic oxidation sites excluding steroid dienone is 3. The maximum atomic E-state index is 9.11. The first-order chi connectivity index (χ1) is 9.69. The first kappa shape index (κ1) is 15.1. The summed E-state index contributed by atoms with van der Waals surface area (Å²) in [7, 11) is 5.11. The second kappa shape index (κ2) is 6.94. The average molecular weight is 389 g/mol. The molecule has 0 aromatic heterocycles. The van der Waals surface area contributed by atoms with E-state index in [1.165, 1.54) is 0 Å². The molecule has 7 nitrogen and oxygen atoms in total. The predicted molar refractivity (Wildman–Crippen MR) is 84.1 cm³/mol. The largest absolute Gasteiger partial charge is 0.495 e. The van der Waals surface area contributed by atoms with Crippen molar-refractivity contribution in [1.82, 2.24) is 5.12 Å². The van der Waals surface area contributed by atoms with Gasteiger partial charge in [-0.1, -0.05) is 0 Å². The molecule has 2 aliphatic heterocycles. The zero-order chi connectivity index (χ0) is 14.5. The molecule has 0 aromatic rings. The third-order valence-electron chi connectivity index (χ3n) is 2.72. The molecule has 2 rings (SSSR count). The van der Waals surface area contributed by atoms with Crippen LogP contribution in [0.5, 0.6) is 0 Å². The number of likely N-dealkylation sites (N-methyl/N-ethyl adjacent to an activating group) is 1. The highest BCUT2D eigenvalue weighted by Gasteiger charge is 2.19. The van der Waals surface area contributed by atoms with Crippen LogP contribution < -0.4 is 5.01 Å². The van der Waals surface area contributed by atoms with Crippen LogP contribution in [0.25, 0.3) is 5.53 Å². The van der Waals surface area contributed by atoms with Crippen molar-refractivity contribution in [3.05, 3.63) is 28.6 Å². The number of alkyl halides is 1. The molecule has 0 fully saturated rings. The molecule has 2 aliphatic rings. The Morgan fingerprint density at radius 2 is 2.40 bits per heavy atom. The minimum atomic E-state index is -0.253. The van der Waals surface area contributed by atoms with E-state index in [9.17, 15) is 0 Å². The smallest absolute Gasteiger partial charge is 0.235 e. The van der Waals surface area contributed by atoms with Gasteiger partial charge in [-0.25, -0.2) is 0 Å². The minimum Gasteiger partial charge on any atom is -0.495 e. The molecule has 1 atom stereocenters. The Morgan fingerprint density at radius 1 is 1.60 bits per heavy atom. The Labute approximate surface area is 127 Å². The van der Waals surface area contributed by atoms with Crippen molar-refractivity contribution in [2.45, 2.75) is 0 Å². The van der Waals surface area contributed by atoms with Crippen molar-refractivity contribution in [3.63, 3.8) is 0 Å². The van der Waals surface area contributed by atoms with E-state index in [2.05, 4.69) is 16.7 Å². The van der Waals surface area contributed by atoms with Gasteiger partial charge in [0.2, 0.25) is 5.84 Å². The van der Waals surface area contributed by atoms with Crippen LogP contribution in [0, 0.1) is 11.3 Å². The molecule has 0 saturated heterocycles. The number of nitrogens with one attached hydrogen (secondary N) is 1. The maximum Gasteiger partial charge on any atom is 0.235 e. The van der Waals surface area contributed by atoms with E-state index >= 15 is 0 Å². The van der Waals surface area contributed by atoms with Crippen LogP contribution in [0.15, 0.2) is 28.2 Å². The molecule has 0 aromatic carbocycles. The van der Waals surface area contributed by atoms with Gasteiger partial charge in [0.15, 0.2) is 0 Å². The number of amidine groups is 1. The van der Waals surface area contributed by atoms with Gasteiger partial charge in [0, 0.05) is 23.3 Å². The summed E-state index contributed by atoms with van der Waals surface area (Å²) in [5, 5.41) is 16.0. The molecular weight excluding hydrogens is 373 g/mol. The molecule has 0 bridgehead atoms. The lowest BCUT2D eigenvalue weighted by molar-refractivity contribution is -0.743. The SMILES string of the molecule is COCC1=NN(C2=CC(OC)=C(C#N)C=IC2)[N-][NH+]1C. The molecule has 0 spiro atoms. The monoisotopic (exact) mass is 389 g/mol. The van der Waals surface area contributed by atoms with E-state index in [-0.39, 0.29) is 20.7 Å². The molecule has 1 unspecified atom stereocenters. The number of hydrogen-bond acceptors (Lipinski definition) is 5. The molecule has 8 heteroatoms. The maximum absolute atomic E-state index is 9.11. The van der Waals surface area contributed by atoms with E-state index in [0.29, 0.717) is 17.9 Å². The summed E-state index contributed by atoms with van der Waals surface area (Å²) in [6, 6.07) is 2.17. The third-order valence-corrected chi connectivity index (χ3v) is 5.00. The number of quaternary nitrogens is 1. The highest BCUT2D eigenvalue weighted by molar-refractivity contribution is 14.2. The van der Waals surface area contributed by atoms with Gasteiger partial charge in [0.25, 0.3) is 0 Å². The summed E-state index contributed by atoms with van der Waals surface area (Å²) >= 11 is -0.253. The van der Waals surface area contributed by atoms with Crippen molar-refractivity contribution in [1.29, 1.82) is 5.26 Å². The number of nitriles is 1. The standard InChI is InChI=1S/C12H16IN5O2/c1-17-12(8-19-2)15-18(16-17)10-4-11(20-3)9(7-14)5-13-6-10/h4-5,17H,6,8H2,1-3H3. The lowest BCUT2D eigenvalue weighted by Crippen LogP contribution is -3.07. The van der Waals surface area contributed by atoms with Crippen LogP contribution in [0.1, 0.15) is 0 Å². The Kier molecular flexibility index (Phi) is 5.24. The number of methoxy groups -OCH3 is 2. The molecule has 0 saturated carbocycles. The molecule has 2 heterocycles. The van der Waals surface area contributed by atoms with Crippen LogP contribution >= 0.6 is 20.7 Å². The van der Waals surface area contributed by atoms with Crippen molar-refractivity contribution < 1.29 is 14.5 Å². The number of rotatable bonds is 4. The first-order valence-electron chi connectivity index (χ1n) is 5.91. The van der Waals surface area contributed by atoms with E-state index < -0.39 is 0 Å². The fourth-order valence-electron chi connectivity index (χ4n) is 1.68. The van der Waals surface area contributed by atoms with Crippen molar-refractivity contribution in [2.24, 2.45) is 5.10 Å². The number of halogens is 1. The van der Waals surface area contributed by atoms with E-state index in [1.54, 1.807) is 19.3 Å². The van der Waals surface area contributed by atoms with Gasteiger partial charge in [-0.05, 0) is 4.01 Å². The van der Waals surface area contributed by atoms with E-state index in [4.69, 9.17) is 14.7 Å². The summed E-state index contributed by atoms with van der Waals surface area (Å²) in [5.41, 5.74) is 5.95. The summed E-state index contributed by atoms with van der Waals surface area (Å²) in [5.74, 6) is 1.39. The molecular formula is C12H16IN5O2. The minimum absolute atomic E-state index is 0.253. The fraction of sp³-hybridized carbons (Fsp3) is 0.417. The topological polar surface area (TPSA) is 76.4 Å². The van der Waals surface area contributed by atoms with Gasteiger partial charge in [-0.2, -0.15) is 5.26 Å². The van der Waals surface area contributed by atoms with Crippen LogP contribution in [0.2, 0.25) is 0 Å². The third kappa shape index (κ3) is 3.24. The molecule has 0 radical (unpaired) electrons. The summed E-state index contributed by atoms with van der Waals surface area (Å²) in [6.07, 6.45) is 1.85. The number of nitrogens with zero attached hydrogens (tertiary/aromatic N) is 4. The van der Waals surface area contributed by atoms with Crippen LogP contribution in [0.3, 0.4) is 0 Å².